The minimum Gasteiger partial charge on any atom is -0.497 e. The number of cyclic esters (lactones) is 1. The van der Waals surface area contributed by atoms with Crippen molar-refractivity contribution in [3.05, 3.63) is 71.3 Å². The van der Waals surface area contributed by atoms with E-state index in [2.05, 4.69) is 30.9 Å². The van der Waals surface area contributed by atoms with Gasteiger partial charge in [0.2, 0.25) is 0 Å². The molecule has 0 spiro atoms. The lowest BCUT2D eigenvalue weighted by atomic mass is 10.1. The number of hydrogen-bond donors (Lipinski definition) is 0. The van der Waals surface area contributed by atoms with Crippen molar-refractivity contribution in [2.45, 2.75) is 13.8 Å². The fourth-order valence-electron chi connectivity index (χ4n) is 2.94. The van der Waals surface area contributed by atoms with E-state index in [4.69, 9.17) is 9.47 Å². The number of rotatable bonds is 6. The van der Waals surface area contributed by atoms with Gasteiger partial charge in [0.15, 0.2) is 0 Å². The van der Waals surface area contributed by atoms with Gasteiger partial charge in [0.25, 0.3) is 0 Å². The Hall–Kier alpha value is -3.01. The van der Waals surface area contributed by atoms with E-state index < -0.39 is 0 Å². The van der Waals surface area contributed by atoms with Crippen LogP contribution >= 0.6 is 0 Å². The summed E-state index contributed by atoms with van der Waals surface area (Å²) in [4.78, 5) is 14.5. The molecule has 0 amide bonds. The summed E-state index contributed by atoms with van der Waals surface area (Å²) >= 11 is 0. The van der Waals surface area contributed by atoms with Gasteiger partial charge in [0.1, 0.15) is 11.5 Å². The monoisotopic (exact) mass is 349 g/mol. The van der Waals surface area contributed by atoms with E-state index in [1.54, 1.807) is 13.2 Å². The second-order valence-corrected chi connectivity index (χ2v) is 5.99. The summed E-state index contributed by atoms with van der Waals surface area (Å²) in [5.41, 5.74) is 3.55. The zero-order valence-corrected chi connectivity index (χ0v) is 15.4. The van der Waals surface area contributed by atoms with Crippen LogP contribution in [0.4, 0.5) is 5.69 Å². The third-order valence-electron chi connectivity index (χ3n) is 4.44. The molecule has 0 fully saturated rings. The molecular formula is C22H23NO3. The fraction of sp³-hybridized carbons (Fsp3) is 0.227. The molecule has 0 radical (unpaired) electrons. The highest BCUT2D eigenvalue weighted by Crippen LogP contribution is 2.28. The second kappa shape index (κ2) is 7.91. The first-order chi connectivity index (χ1) is 12.6. The molecule has 1 heterocycles. The van der Waals surface area contributed by atoms with E-state index in [-0.39, 0.29) is 5.97 Å². The molecule has 0 atom stereocenters. The second-order valence-electron chi connectivity index (χ2n) is 5.99. The molecule has 0 saturated carbocycles. The van der Waals surface area contributed by atoms with Crippen LogP contribution in [0.1, 0.15) is 25.0 Å². The SMILES string of the molecule is CCN(CC)c1ccc(/C=C2/C=C(c3ccc(OC)cc3)OC2=O)cc1. The van der Waals surface area contributed by atoms with Crippen LogP contribution in [0.3, 0.4) is 0 Å². The summed E-state index contributed by atoms with van der Waals surface area (Å²) < 4.78 is 10.6. The Labute approximate surface area is 154 Å². The first-order valence-corrected chi connectivity index (χ1v) is 8.79. The standard InChI is InChI=1S/C22H23NO3/c1-4-23(5-2)19-10-6-16(7-11-19)14-18-15-21(26-22(18)24)17-8-12-20(25-3)13-9-17/h6-15H,4-5H2,1-3H3/b18-14-. The van der Waals surface area contributed by atoms with E-state index in [1.165, 1.54) is 5.69 Å². The quantitative estimate of drug-likeness (QED) is 0.568. The smallest absolute Gasteiger partial charge is 0.343 e. The predicted molar refractivity (Wildman–Crippen MR) is 105 cm³/mol. The number of carbonyl (C=O) groups is 1. The number of carbonyl (C=O) groups excluding carboxylic acids is 1. The third-order valence-corrected chi connectivity index (χ3v) is 4.44. The zero-order chi connectivity index (χ0) is 18.5. The number of nitrogens with zero attached hydrogens (tertiary/aromatic N) is 1. The van der Waals surface area contributed by atoms with Crippen molar-refractivity contribution in [1.29, 1.82) is 0 Å². The summed E-state index contributed by atoms with van der Waals surface area (Å²) in [5.74, 6) is 0.995. The Bertz CT molecular complexity index is 829. The third kappa shape index (κ3) is 3.80. The Kier molecular flexibility index (Phi) is 5.42. The number of hydrogen-bond acceptors (Lipinski definition) is 4. The van der Waals surface area contributed by atoms with Gasteiger partial charge in [-0.3, -0.25) is 0 Å². The lowest BCUT2D eigenvalue weighted by molar-refractivity contribution is -0.130. The maximum atomic E-state index is 12.2. The Morgan fingerprint density at radius 1 is 1.00 bits per heavy atom. The van der Waals surface area contributed by atoms with Crippen molar-refractivity contribution in [3.8, 4) is 5.75 Å². The number of ether oxygens (including phenoxy) is 2. The Balaban J connectivity index is 1.81. The summed E-state index contributed by atoms with van der Waals surface area (Å²) in [6.07, 6.45) is 3.63. The van der Waals surface area contributed by atoms with Crippen LogP contribution in [-0.4, -0.2) is 26.2 Å². The average Bonchev–Trinajstić information content (AvgIpc) is 3.04. The molecule has 4 heteroatoms. The maximum Gasteiger partial charge on any atom is 0.343 e. The maximum absolute atomic E-state index is 12.2. The van der Waals surface area contributed by atoms with Gasteiger partial charge in [-0.15, -0.1) is 0 Å². The molecule has 0 saturated heterocycles. The van der Waals surface area contributed by atoms with Crippen molar-refractivity contribution in [2.24, 2.45) is 0 Å². The summed E-state index contributed by atoms with van der Waals surface area (Å²) in [6.45, 7) is 6.22. The van der Waals surface area contributed by atoms with Crippen molar-refractivity contribution < 1.29 is 14.3 Å². The van der Waals surface area contributed by atoms with Gasteiger partial charge in [-0.05, 0) is 68.0 Å². The van der Waals surface area contributed by atoms with Crippen molar-refractivity contribution in [2.75, 3.05) is 25.1 Å². The topological polar surface area (TPSA) is 38.8 Å². The number of anilines is 1. The Morgan fingerprint density at radius 2 is 1.65 bits per heavy atom. The van der Waals surface area contributed by atoms with Crippen molar-refractivity contribution in [1.82, 2.24) is 0 Å². The molecule has 0 aromatic heterocycles. The highest BCUT2D eigenvalue weighted by molar-refractivity contribution is 6.05. The average molecular weight is 349 g/mol. The van der Waals surface area contributed by atoms with Gasteiger partial charge in [-0.25, -0.2) is 4.79 Å². The molecule has 3 rings (SSSR count). The lowest BCUT2D eigenvalue weighted by Gasteiger charge is -2.20. The molecule has 1 aliphatic heterocycles. The minimum absolute atomic E-state index is 0.330. The first kappa shape index (κ1) is 17.8. The molecule has 2 aromatic carbocycles. The fourth-order valence-corrected chi connectivity index (χ4v) is 2.94. The molecular weight excluding hydrogens is 326 g/mol. The number of benzene rings is 2. The van der Waals surface area contributed by atoms with Crippen LogP contribution in [0.15, 0.2) is 60.2 Å². The molecule has 1 aliphatic rings. The molecule has 4 nitrogen and oxygen atoms in total. The predicted octanol–water partition coefficient (Wildman–Crippen LogP) is 4.52. The van der Waals surface area contributed by atoms with Crippen LogP contribution in [0.2, 0.25) is 0 Å². The van der Waals surface area contributed by atoms with E-state index in [0.717, 1.165) is 30.0 Å². The van der Waals surface area contributed by atoms with Crippen LogP contribution in [0.5, 0.6) is 5.75 Å². The van der Waals surface area contributed by atoms with Crippen molar-refractivity contribution >= 4 is 23.5 Å². The highest BCUT2D eigenvalue weighted by Gasteiger charge is 2.22. The Morgan fingerprint density at radius 3 is 2.23 bits per heavy atom. The molecule has 0 aliphatic carbocycles. The molecule has 2 aromatic rings. The summed E-state index contributed by atoms with van der Waals surface area (Å²) in [7, 11) is 1.62. The van der Waals surface area contributed by atoms with Gasteiger partial charge in [-0.2, -0.15) is 0 Å². The first-order valence-electron chi connectivity index (χ1n) is 8.79. The van der Waals surface area contributed by atoms with E-state index in [0.29, 0.717) is 11.3 Å². The molecule has 134 valence electrons. The minimum atomic E-state index is -0.330. The largest absolute Gasteiger partial charge is 0.497 e. The molecule has 0 bridgehead atoms. The molecule has 26 heavy (non-hydrogen) atoms. The van der Waals surface area contributed by atoms with Crippen LogP contribution in [0.25, 0.3) is 11.8 Å². The van der Waals surface area contributed by atoms with Gasteiger partial charge in [-0.1, -0.05) is 12.1 Å². The van der Waals surface area contributed by atoms with E-state index >= 15 is 0 Å². The normalized spacial score (nSPS) is 15.0. The van der Waals surface area contributed by atoms with Crippen LogP contribution in [-0.2, 0) is 9.53 Å². The summed E-state index contributed by atoms with van der Waals surface area (Å²) in [5, 5.41) is 0. The zero-order valence-electron chi connectivity index (χ0n) is 15.4. The number of methoxy groups -OCH3 is 1. The molecule has 0 unspecified atom stereocenters. The van der Waals surface area contributed by atoms with Crippen LogP contribution in [0, 0.1) is 0 Å². The number of esters is 1. The van der Waals surface area contributed by atoms with E-state index in [1.807, 2.05) is 42.5 Å². The van der Waals surface area contributed by atoms with Gasteiger partial charge < -0.3 is 14.4 Å². The highest BCUT2D eigenvalue weighted by atomic mass is 16.5. The molecule has 0 N–H and O–H groups in total. The van der Waals surface area contributed by atoms with Crippen molar-refractivity contribution in [3.63, 3.8) is 0 Å². The van der Waals surface area contributed by atoms with Crippen LogP contribution < -0.4 is 9.64 Å². The van der Waals surface area contributed by atoms with Gasteiger partial charge in [0.05, 0.1) is 12.7 Å². The van der Waals surface area contributed by atoms with E-state index in [9.17, 15) is 4.79 Å². The van der Waals surface area contributed by atoms with Gasteiger partial charge in [0, 0.05) is 24.3 Å². The lowest BCUT2D eigenvalue weighted by Crippen LogP contribution is -2.21. The van der Waals surface area contributed by atoms with Gasteiger partial charge >= 0.3 is 5.97 Å². The summed E-state index contributed by atoms with van der Waals surface area (Å²) in [6, 6.07) is 15.6.